The minimum atomic E-state index is -0.483. The summed E-state index contributed by atoms with van der Waals surface area (Å²) < 4.78 is 7.29. The lowest BCUT2D eigenvalue weighted by Gasteiger charge is -2.36. The van der Waals surface area contributed by atoms with E-state index in [2.05, 4.69) is 22.5 Å². The van der Waals surface area contributed by atoms with Crippen molar-refractivity contribution in [2.24, 2.45) is 7.05 Å². The summed E-state index contributed by atoms with van der Waals surface area (Å²) in [7, 11) is 1.98. The highest BCUT2D eigenvalue weighted by molar-refractivity contribution is 5.67. The number of hydrogen-bond donors (Lipinski definition) is 2. The molecule has 0 aliphatic carbocycles. The van der Waals surface area contributed by atoms with Crippen LogP contribution in [0.1, 0.15) is 39.1 Å². The third-order valence-electron chi connectivity index (χ3n) is 3.40. The van der Waals surface area contributed by atoms with Crippen LogP contribution in [0.25, 0.3) is 0 Å². The molecule has 1 atom stereocenters. The van der Waals surface area contributed by atoms with Crippen LogP contribution in [0.5, 0.6) is 0 Å². The first-order valence-electron chi connectivity index (χ1n) is 6.94. The number of carbonyl (C=O) groups excluding carboxylic acids is 1. The van der Waals surface area contributed by atoms with E-state index in [0.717, 1.165) is 24.4 Å². The van der Waals surface area contributed by atoms with E-state index >= 15 is 0 Å². The molecule has 0 aromatic carbocycles. The fraction of sp³-hybridized carbons (Fsp3) is 0.714. The van der Waals surface area contributed by atoms with Crippen LogP contribution >= 0.6 is 0 Å². The van der Waals surface area contributed by atoms with Crippen LogP contribution in [0, 0.1) is 0 Å². The second-order valence-corrected chi connectivity index (χ2v) is 6.52. The molecule has 0 fully saturated rings. The number of nitrogens with zero attached hydrogens (tertiary/aromatic N) is 2. The number of hydrogen-bond acceptors (Lipinski definition) is 4. The molecule has 20 heavy (non-hydrogen) atoms. The summed E-state index contributed by atoms with van der Waals surface area (Å²) in [6.45, 7) is 8.96. The molecule has 1 aromatic heterocycles. The van der Waals surface area contributed by atoms with Crippen molar-refractivity contribution in [2.45, 2.75) is 45.3 Å². The number of aromatic nitrogens is 2. The summed E-state index contributed by atoms with van der Waals surface area (Å²) in [5.74, 6) is 0. The molecule has 0 radical (unpaired) electrons. The molecule has 2 rings (SSSR count). The number of fused-ring (bicyclic) bond motifs is 1. The highest BCUT2D eigenvalue weighted by atomic mass is 16.6. The van der Waals surface area contributed by atoms with Gasteiger partial charge in [-0.3, -0.25) is 0 Å². The number of amides is 1. The van der Waals surface area contributed by atoms with E-state index in [9.17, 15) is 4.79 Å². The van der Waals surface area contributed by atoms with Crippen LogP contribution < -0.4 is 10.6 Å². The highest BCUT2D eigenvalue weighted by Gasteiger charge is 2.35. The van der Waals surface area contributed by atoms with E-state index in [1.807, 2.05) is 38.7 Å². The standard InChI is InChI=1S/C14H24N4O2/c1-13(2,3)20-12(19)15-8-14(4)11-10(6-7-17-14)16-9-18(11)5/h9,17H,6-8H2,1-5H3,(H,15,19). The number of nitrogens with one attached hydrogen (secondary N) is 2. The Morgan fingerprint density at radius 2 is 2.30 bits per heavy atom. The summed E-state index contributed by atoms with van der Waals surface area (Å²) in [4.78, 5) is 16.2. The average molecular weight is 280 g/mol. The van der Waals surface area contributed by atoms with Crippen molar-refractivity contribution in [3.63, 3.8) is 0 Å². The first-order valence-corrected chi connectivity index (χ1v) is 6.94. The molecule has 0 saturated carbocycles. The Bertz CT molecular complexity index is 504. The van der Waals surface area contributed by atoms with Gasteiger partial charge in [-0.05, 0) is 27.7 Å². The molecule has 1 aliphatic rings. The van der Waals surface area contributed by atoms with Crippen molar-refractivity contribution in [3.8, 4) is 0 Å². The zero-order valence-corrected chi connectivity index (χ0v) is 12.9. The Kier molecular flexibility index (Phi) is 3.77. The fourth-order valence-corrected chi connectivity index (χ4v) is 2.62. The molecule has 1 aromatic rings. The van der Waals surface area contributed by atoms with Gasteiger partial charge < -0.3 is 19.9 Å². The second kappa shape index (κ2) is 5.09. The molecule has 2 N–H and O–H groups in total. The number of rotatable bonds is 2. The normalized spacial score (nSPS) is 22.2. The molecule has 0 bridgehead atoms. The Morgan fingerprint density at radius 3 is 2.95 bits per heavy atom. The lowest BCUT2D eigenvalue weighted by molar-refractivity contribution is 0.0509. The maximum atomic E-state index is 11.8. The third kappa shape index (κ3) is 3.12. The SMILES string of the molecule is Cn1cnc2c1C(C)(CNC(=O)OC(C)(C)C)NCC2. The van der Waals surface area contributed by atoms with Gasteiger partial charge in [0.2, 0.25) is 0 Å². The van der Waals surface area contributed by atoms with Crippen molar-refractivity contribution in [2.75, 3.05) is 13.1 Å². The van der Waals surface area contributed by atoms with Crippen LogP contribution in [0.4, 0.5) is 4.79 Å². The van der Waals surface area contributed by atoms with Gasteiger partial charge in [-0.15, -0.1) is 0 Å². The number of ether oxygens (including phenoxy) is 1. The van der Waals surface area contributed by atoms with Crippen LogP contribution in [-0.2, 0) is 23.7 Å². The lowest BCUT2D eigenvalue weighted by atomic mass is 9.91. The highest BCUT2D eigenvalue weighted by Crippen LogP contribution is 2.26. The van der Waals surface area contributed by atoms with Crippen LogP contribution in [0.2, 0.25) is 0 Å². The molecule has 112 valence electrons. The molecule has 1 aliphatic heterocycles. The number of carbonyl (C=O) groups is 1. The Morgan fingerprint density at radius 1 is 1.60 bits per heavy atom. The molecule has 6 nitrogen and oxygen atoms in total. The number of aryl methyl sites for hydroxylation is 1. The van der Waals surface area contributed by atoms with Crippen molar-refractivity contribution in [1.82, 2.24) is 20.2 Å². The minimum Gasteiger partial charge on any atom is -0.444 e. The molecule has 6 heteroatoms. The van der Waals surface area contributed by atoms with Gasteiger partial charge in [0.25, 0.3) is 0 Å². The van der Waals surface area contributed by atoms with Gasteiger partial charge >= 0.3 is 6.09 Å². The van der Waals surface area contributed by atoms with Crippen LogP contribution in [0.3, 0.4) is 0 Å². The molecule has 2 heterocycles. The third-order valence-corrected chi connectivity index (χ3v) is 3.40. The van der Waals surface area contributed by atoms with Crippen LogP contribution in [-0.4, -0.2) is 34.3 Å². The van der Waals surface area contributed by atoms with Gasteiger partial charge in [-0.25, -0.2) is 9.78 Å². The van der Waals surface area contributed by atoms with Gasteiger partial charge in [0, 0.05) is 26.6 Å². The van der Waals surface area contributed by atoms with Crippen molar-refractivity contribution in [1.29, 1.82) is 0 Å². The topological polar surface area (TPSA) is 68.2 Å². The minimum absolute atomic E-state index is 0.324. The summed E-state index contributed by atoms with van der Waals surface area (Å²) >= 11 is 0. The first kappa shape index (κ1) is 14.8. The largest absolute Gasteiger partial charge is 0.444 e. The first-order chi connectivity index (χ1) is 9.21. The Balaban J connectivity index is 2.06. The smallest absolute Gasteiger partial charge is 0.407 e. The van der Waals surface area contributed by atoms with Crippen molar-refractivity contribution >= 4 is 6.09 Å². The van der Waals surface area contributed by atoms with Gasteiger partial charge in [-0.1, -0.05) is 0 Å². The molecule has 1 unspecified atom stereocenters. The monoisotopic (exact) mass is 280 g/mol. The van der Waals surface area contributed by atoms with Gasteiger partial charge in [0.05, 0.1) is 23.3 Å². The molecule has 0 saturated heterocycles. The van der Waals surface area contributed by atoms with E-state index in [-0.39, 0.29) is 5.54 Å². The summed E-state index contributed by atoms with van der Waals surface area (Å²) in [6.07, 6.45) is 2.34. The molecular formula is C14H24N4O2. The van der Waals surface area contributed by atoms with Crippen molar-refractivity contribution in [3.05, 3.63) is 17.7 Å². The predicted octanol–water partition coefficient (Wildman–Crippen LogP) is 1.31. The Labute approximate surface area is 119 Å². The maximum absolute atomic E-state index is 11.8. The molecular weight excluding hydrogens is 256 g/mol. The zero-order valence-electron chi connectivity index (χ0n) is 12.9. The average Bonchev–Trinajstić information content (AvgIpc) is 2.68. The van der Waals surface area contributed by atoms with E-state index < -0.39 is 11.7 Å². The van der Waals surface area contributed by atoms with E-state index in [4.69, 9.17) is 4.74 Å². The lowest BCUT2D eigenvalue weighted by Crippen LogP contribution is -2.53. The maximum Gasteiger partial charge on any atom is 0.407 e. The van der Waals surface area contributed by atoms with Gasteiger partial charge in [0.15, 0.2) is 0 Å². The Hall–Kier alpha value is -1.56. The summed E-state index contributed by atoms with van der Waals surface area (Å²) in [5, 5.41) is 6.31. The second-order valence-electron chi connectivity index (χ2n) is 6.52. The van der Waals surface area contributed by atoms with E-state index in [1.165, 1.54) is 0 Å². The van der Waals surface area contributed by atoms with E-state index in [0.29, 0.717) is 6.54 Å². The van der Waals surface area contributed by atoms with Crippen molar-refractivity contribution < 1.29 is 9.53 Å². The summed E-state index contributed by atoms with van der Waals surface area (Å²) in [5.41, 5.74) is 1.41. The van der Waals surface area contributed by atoms with Gasteiger partial charge in [-0.2, -0.15) is 0 Å². The summed E-state index contributed by atoms with van der Waals surface area (Å²) in [6, 6.07) is 0. The predicted molar refractivity (Wildman–Crippen MR) is 76.5 cm³/mol. The fourth-order valence-electron chi connectivity index (χ4n) is 2.62. The molecule has 1 amide bonds. The zero-order chi connectivity index (χ0) is 15.0. The molecule has 0 spiro atoms. The van der Waals surface area contributed by atoms with E-state index in [1.54, 1.807) is 0 Å². The van der Waals surface area contributed by atoms with Gasteiger partial charge in [0.1, 0.15) is 5.60 Å². The number of imidazole rings is 1. The van der Waals surface area contributed by atoms with Crippen LogP contribution in [0.15, 0.2) is 6.33 Å². The number of alkyl carbamates (subject to hydrolysis) is 1. The quantitative estimate of drug-likeness (QED) is 0.857.